The summed E-state index contributed by atoms with van der Waals surface area (Å²) in [4.78, 5) is 12.6. The third kappa shape index (κ3) is 2.65. The SMILES string of the molecule is [C-]#[N+]c1cnc2n1CCc1c(C)cc(Oc3cc(C)c4c(c3)-c3nccn3CO4)cc1-2. The van der Waals surface area contributed by atoms with E-state index in [0.717, 1.165) is 58.6 Å². The van der Waals surface area contributed by atoms with E-state index >= 15 is 0 Å². The highest BCUT2D eigenvalue weighted by Gasteiger charge is 2.26. The minimum Gasteiger partial charge on any atom is -0.472 e. The van der Waals surface area contributed by atoms with Crippen LogP contribution in [0.3, 0.4) is 0 Å². The van der Waals surface area contributed by atoms with E-state index in [1.807, 2.05) is 40.5 Å². The number of hydrogen-bond acceptors (Lipinski definition) is 4. The van der Waals surface area contributed by atoms with Crippen LogP contribution in [0, 0.1) is 20.4 Å². The highest BCUT2D eigenvalue weighted by molar-refractivity contribution is 5.72. The van der Waals surface area contributed by atoms with Gasteiger partial charge in [-0.25, -0.2) is 9.97 Å². The second-order valence-corrected chi connectivity index (χ2v) is 7.93. The summed E-state index contributed by atoms with van der Waals surface area (Å²) < 4.78 is 16.2. The molecule has 7 nitrogen and oxygen atoms in total. The molecule has 0 amide bonds. The minimum absolute atomic E-state index is 0.465. The van der Waals surface area contributed by atoms with Gasteiger partial charge in [0.25, 0.3) is 0 Å². The molecule has 4 heterocycles. The van der Waals surface area contributed by atoms with Gasteiger partial charge in [-0.15, -0.1) is 0 Å². The van der Waals surface area contributed by atoms with Gasteiger partial charge in [0.05, 0.1) is 18.3 Å². The van der Waals surface area contributed by atoms with Crippen LogP contribution in [0.15, 0.2) is 42.9 Å². The lowest BCUT2D eigenvalue weighted by molar-refractivity contribution is 0.228. The Morgan fingerprint density at radius 2 is 1.84 bits per heavy atom. The van der Waals surface area contributed by atoms with Gasteiger partial charge in [-0.1, -0.05) is 6.57 Å². The third-order valence-electron chi connectivity index (χ3n) is 6.01. The summed E-state index contributed by atoms with van der Waals surface area (Å²) in [6.07, 6.45) is 6.22. The maximum atomic E-state index is 7.38. The third-order valence-corrected chi connectivity index (χ3v) is 6.01. The van der Waals surface area contributed by atoms with Crippen molar-refractivity contribution in [3.8, 4) is 40.0 Å². The summed E-state index contributed by atoms with van der Waals surface area (Å²) in [5.41, 5.74) is 5.40. The van der Waals surface area contributed by atoms with Crippen LogP contribution in [0.25, 0.3) is 27.6 Å². The van der Waals surface area contributed by atoms with E-state index in [2.05, 4.69) is 27.8 Å². The van der Waals surface area contributed by atoms with Crippen LogP contribution >= 0.6 is 0 Å². The van der Waals surface area contributed by atoms with Gasteiger partial charge in [-0.3, -0.25) is 9.13 Å². The molecule has 31 heavy (non-hydrogen) atoms. The number of aryl methyl sites for hydroxylation is 2. The van der Waals surface area contributed by atoms with Crippen molar-refractivity contribution < 1.29 is 9.47 Å². The molecule has 2 aromatic heterocycles. The Kier molecular flexibility index (Phi) is 3.71. The molecule has 6 rings (SSSR count). The first-order valence-electron chi connectivity index (χ1n) is 10.2. The quantitative estimate of drug-likeness (QED) is 0.423. The summed E-state index contributed by atoms with van der Waals surface area (Å²) in [6.45, 7) is 12.7. The summed E-state index contributed by atoms with van der Waals surface area (Å²) in [5.74, 6) is 4.61. The van der Waals surface area contributed by atoms with Crippen LogP contribution in [0.2, 0.25) is 0 Å². The molecule has 0 radical (unpaired) electrons. The molecule has 2 aliphatic rings. The molecule has 4 aromatic rings. The Labute approximate surface area is 179 Å². The lowest BCUT2D eigenvalue weighted by Crippen LogP contribution is -2.13. The average molecular weight is 409 g/mol. The van der Waals surface area contributed by atoms with Crippen LogP contribution < -0.4 is 9.47 Å². The lowest BCUT2D eigenvalue weighted by atomic mass is 9.95. The van der Waals surface area contributed by atoms with Crippen LogP contribution in [-0.4, -0.2) is 19.1 Å². The standard InChI is InChI=1S/C24H19N5O2/c1-14-8-16(10-19-18(14)4-6-29-21(25-3)12-27-24(19)29)31-17-9-15(2)22-20(11-17)23-26-5-7-28(23)13-30-22/h5,7-12H,4,6,13H2,1-2H3. The number of hydrogen-bond donors (Lipinski definition) is 0. The van der Waals surface area contributed by atoms with Gasteiger partial charge in [0.2, 0.25) is 11.6 Å². The van der Waals surface area contributed by atoms with E-state index in [-0.39, 0.29) is 0 Å². The second kappa shape index (κ2) is 6.47. The number of nitrogens with zero attached hydrogens (tertiary/aromatic N) is 5. The Hall–Kier alpha value is -4.05. The van der Waals surface area contributed by atoms with Crippen molar-refractivity contribution in [1.82, 2.24) is 19.1 Å². The van der Waals surface area contributed by atoms with Gasteiger partial charge >= 0.3 is 0 Å². The first kappa shape index (κ1) is 17.8. The maximum Gasteiger partial charge on any atom is 0.250 e. The van der Waals surface area contributed by atoms with E-state index in [0.29, 0.717) is 12.5 Å². The Morgan fingerprint density at radius 1 is 1.03 bits per heavy atom. The van der Waals surface area contributed by atoms with Gasteiger partial charge < -0.3 is 14.3 Å². The van der Waals surface area contributed by atoms with E-state index < -0.39 is 0 Å². The van der Waals surface area contributed by atoms with Crippen LogP contribution in [0.4, 0.5) is 5.82 Å². The zero-order valence-electron chi connectivity index (χ0n) is 17.2. The molecular weight excluding hydrogens is 390 g/mol. The molecule has 0 saturated carbocycles. The molecule has 0 N–H and O–H groups in total. The fourth-order valence-corrected chi connectivity index (χ4v) is 4.57. The van der Waals surface area contributed by atoms with Crippen molar-refractivity contribution in [2.75, 3.05) is 0 Å². The van der Waals surface area contributed by atoms with Gasteiger partial charge in [0, 0.05) is 24.4 Å². The summed E-state index contributed by atoms with van der Waals surface area (Å²) in [6, 6.07) is 8.07. The summed E-state index contributed by atoms with van der Waals surface area (Å²) in [7, 11) is 0. The van der Waals surface area contributed by atoms with Crippen LogP contribution in [0.5, 0.6) is 17.2 Å². The molecule has 2 aromatic carbocycles. The molecule has 0 saturated heterocycles. The Balaban J connectivity index is 1.42. The molecular formula is C24H19N5O2. The van der Waals surface area contributed by atoms with E-state index in [1.165, 1.54) is 11.1 Å². The van der Waals surface area contributed by atoms with E-state index in [4.69, 9.17) is 16.0 Å². The normalized spacial score (nSPS) is 13.3. The van der Waals surface area contributed by atoms with Gasteiger partial charge in [-0.05, 0) is 54.8 Å². The van der Waals surface area contributed by atoms with E-state index in [1.54, 1.807) is 12.4 Å². The molecule has 2 aliphatic heterocycles. The van der Waals surface area contributed by atoms with Crippen molar-refractivity contribution in [1.29, 1.82) is 0 Å². The van der Waals surface area contributed by atoms with Gasteiger partial charge in [-0.2, -0.15) is 0 Å². The topological polar surface area (TPSA) is 58.5 Å². The molecule has 152 valence electrons. The van der Waals surface area contributed by atoms with Crippen molar-refractivity contribution in [2.24, 2.45) is 0 Å². The lowest BCUT2D eigenvalue weighted by Gasteiger charge is -2.22. The molecule has 0 unspecified atom stereocenters. The predicted octanol–water partition coefficient (Wildman–Crippen LogP) is 5.28. The fourth-order valence-electron chi connectivity index (χ4n) is 4.57. The van der Waals surface area contributed by atoms with Crippen molar-refractivity contribution in [2.45, 2.75) is 33.5 Å². The number of aromatic nitrogens is 4. The average Bonchev–Trinajstić information content (AvgIpc) is 3.40. The van der Waals surface area contributed by atoms with Crippen LogP contribution in [0.1, 0.15) is 16.7 Å². The number of fused-ring (bicyclic) bond motifs is 6. The van der Waals surface area contributed by atoms with Crippen molar-refractivity contribution >= 4 is 5.82 Å². The Morgan fingerprint density at radius 3 is 2.68 bits per heavy atom. The first-order valence-corrected chi connectivity index (χ1v) is 10.2. The first-order chi connectivity index (χ1) is 15.1. The molecule has 0 fully saturated rings. The number of ether oxygens (including phenoxy) is 2. The monoisotopic (exact) mass is 409 g/mol. The molecule has 0 bridgehead atoms. The molecule has 0 spiro atoms. The van der Waals surface area contributed by atoms with Gasteiger partial charge in [0.15, 0.2) is 6.73 Å². The zero-order chi connectivity index (χ0) is 21.1. The molecule has 0 atom stereocenters. The van der Waals surface area contributed by atoms with Crippen LogP contribution in [-0.2, 0) is 19.7 Å². The smallest absolute Gasteiger partial charge is 0.250 e. The highest BCUT2D eigenvalue weighted by atomic mass is 16.5. The number of rotatable bonds is 2. The summed E-state index contributed by atoms with van der Waals surface area (Å²) in [5, 5.41) is 0. The number of benzene rings is 2. The fraction of sp³-hybridized carbons (Fsp3) is 0.208. The maximum absolute atomic E-state index is 7.38. The van der Waals surface area contributed by atoms with E-state index in [9.17, 15) is 0 Å². The van der Waals surface area contributed by atoms with Crippen molar-refractivity contribution in [3.63, 3.8) is 0 Å². The largest absolute Gasteiger partial charge is 0.472 e. The number of imidazole rings is 2. The Bertz CT molecular complexity index is 1410. The highest BCUT2D eigenvalue weighted by Crippen LogP contribution is 2.41. The molecule has 0 aliphatic carbocycles. The minimum atomic E-state index is 0.465. The van der Waals surface area contributed by atoms with Gasteiger partial charge in [0.1, 0.15) is 23.1 Å². The van der Waals surface area contributed by atoms with Crippen molar-refractivity contribution in [3.05, 3.63) is 71.0 Å². The predicted molar refractivity (Wildman–Crippen MR) is 115 cm³/mol. The second-order valence-electron chi connectivity index (χ2n) is 7.93. The summed E-state index contributed by atoms with van der Waals surface area (Å²) >= 11 is 0. The molecule has 7 heteroatoms. The zero-order valence-corrected chi connectivity index (χ0v) is 17.2.